The van der Waals surface area contributed by atoms with Crippen molar-refractivity contribution in [1.82, 2.24) is 0 Å². The highest BCUT2D eigenvalue weighted by Crippen LogP contribution is 2.37. The van der Waals surface area contributed by atoms with E-state index in [4.69, 9.17) is 15.4 Å². The van der Waals surface area contributed by atoms with Gasteiger partial charge in [-0.2, -0.15) is 0 Å². The van der Waals surface area contributed by atoms with Gasteiger partial charge in [-0.15, -0.1) is 0 Å². The SMILES string of the molecule is CC(C)(C)[Si](C)(C)Oc1cccc(/C(N)=N\O)c1. The molecule has 0 saturated heterocycles. The molecule has 1 aromatic carbocycles. The Bertz CT molecular complexity index is 451. The van der Waals surface area contributed by atoms with Gasteiger partial charge in [0.25, 0.3) is 0 Å². The highest BCUT2D eigenvalue weighted by Gasteiger charge is 2.38. The van der Waals surface area contributed by atoms with Gasteiger partial charge in [0.15, 0.2) is 5.84 Å². The lowest BCUT2D eigenvalue weighted by Gasteiger charge is -2.36. The first-order valence-electron chi connectivity index (χ1n) is 5.94. The summed E-state index contributed by atoms with van der Waals surface area (Å²) in [5.41, 5.74) is 6.23. The average Bonchev–Trinajstić information content (AvgIpc) is 2.26. The highest BCUT2D eigenvalue weighted by atomic mass is 28.4. The van der Waals surface area contributed by atoms with Crippen molar-refractivity contribution in [2.45, 2.75) is 38.9 Å². The molecule has 0 fully saturated rings. The van der Waals surface area contributed by atoms with Crippen LogP contribution in [0.3, 0.4) is 0 Å². The third kappa shape index (κ3) is 3.26. The molecule has 18 heavy (non-hydrogen) atoms. The summed E-state index contributed by atoms with van der Waals surface area (Å²) < 4.78 is 6.15. The Morgan fingerprint density at radius 2 is 1.94 bits per heavy atom. The minimum atomic E-state index is -1.86. The van der Waals surface area contributed by atoms with E-state index in [-0.39, 0.29) is 10.9 Å². The summed E-state index contributed by atoms with van der Waals surface area (Å²) in [5.74, 6) is 0.862. The Balaban J connectivity index is 3.00. The number of nitrogens with two attached hydrogens (primary N) is 1. The summed E-state index contributed by atoms with van der Waals surface area (Å²) >= 11 is 0. The van der Waals surface area contributed by atoms with E-state index < -0.39 is 8.32 Å². The zero-order valence-corrected chi connectivity index (χ0v) is 12.7. The van der Waals surface area contributed by atoms with Crippen LogP contribution in [0.15, 0.2) is 29.4 Å². The van der Waals surface area contributed by atoms with E-state index in [1.165, 1.54) is 0 Å². The molecule has 0 spiro atoms. The van der Waals surface area contributed by atoms with Crippen molar-refractivity contribution in [3.63, 3.8) is 0 Å². The summed E-state index contributed by atoms with van der Waals surface area (Å²) in [6.07, 6.45) is 0. The van der Waals surface area contributed by atoms with Crippen LogP contribution >= 0.6 is 0 Å². The number of hydrogen-bond donors (Lipinski definition) is 2. The second-order valence-corrected chi connectivity index (χ2v) is 10.6. The van der Waals surface area contributed by atoms with Crippen LogP contribution in [0.4, 0.5) is 0 Å². The Labute approximate surface area is 110 Å². The molecule has 100 valence electrons. The van der Waals surface area contributed by atoms with Crippen molar-refractivity contribution < 1.29 is 9.63 Å². The summed E-state index contributed by atoms with van der Waals surface area (Å²) in [7, 11) is -1.86. The Morgan fingerprint density at radius 1 is 1.33 bits per heavy atom. The van der Waals surface area contributed by atoms with Gasteiger partial charge >= 0.3 is 0 Å². The zero-order chi connectivity index (χ0) is 14.0. The topological polar surface area (TPSA) is 67.8 Å². The largest absolute Gasteiger partial charge is 0.543 e. The third-order valence-electron chi connectivity index (χ3n) is 3.42. The number of benzene rings is 1. The van der Waals surface area contributed by atoms with E-state index in [1.54, 1.807) is 12.1 Å². The number of hydrogen-bond acceptors (Lipinski definition) is 3. The fourth-order valence-corrected chi connectivity index (χ4v) is 2.25. The smallest absolute Gasteiger partial charge is 0.250 e. The molecule has 0 radical (unpaired) electrons. The van der Waals surface area contributed by atoms with Crippen molar-refractivity contribution in [1.29, 1.82) is 0 Å². The van der Waals surface area contributed by atoms with Gasteiger partial charge in [-0.25, -0.2) is 0 Å². The maximum atomic E-state index is 8.67. The van der Waals surface area contributed by atoms with Crippen molar-refractivity contribution in [2.75, 3.05) is 0 Å². The molecule has 0 amide bonds. The van der Waals surface area contributed by atoms with Crippen LogP contribution in [-0.4, -0.2) is 19.4 Å². The Hall–Kier alpha value is -1.49. The van der Waals surface area contributed by atoms with Crippen LogP contribution in [0.1, 0.15) is 26.3 Å². The molecule has 3 N–H and O–H groups in total. The van der Waals surface area contributed by atoms with E-state index in [0.29, 0.717) is 5.56 Å². The van der Waals surface area contributed by atoms with Gasteiger partial charge in [0.1, 0.15) is 5.75 Å². The molecule has 0 aliphatic carbocycles. The lowest BCUT2D eigenvalue weighted by atomic mass is 10.2. The molecule has 0 atom stereocenters. The molecule has 0 saturated carbocycles. The first kappa shape index (κ1) is 14.6. The Morgan fingerprint density at radius 3 is 2.44 bits per heavy atom. The van der Waals surface area contributed by atoms with Gasteiger partial charge < -0.3 is 15.4 Å². The van der Waals surface area contributed by atoms with Crippen LogP contribution in [0, 0.1) is 0 Å². The van der Waals surface area contributed by atoms with E-state index in [9.17, 15) is 0 Å². The molecule has 0 aliphatic rings. The van der Waals surface area contributed by atoms with Crippen LogP contribution in [0.25, 0.3) is 0 Å². The van der Waals surface area contributed by atoms with Crippen LogP contribution in [-0.2, 0) is 0 Å². The van der Waals surface area contributed by atoms with E-state index in [1.807, 2.05) is 12.1 Å². The molecule has 4 nitrogen and oxygen atoms in total. The Kier molecular flexibility index (Phi) is 4.06. The van der Waals surface area contributed by atoms with Crippen molar-refractivity contribution in [2.24, 2.45) is 10.9 Å². The molecule has 1 aromatic rings. The van der Waals surface area contributed by atoms with Crippen molar-refractivity contribution in [3.05, 3.63) is 29.8 Å². The van der Waals surface area contributed by atoms with Gasteiger partial charge in [-0.3, -0.25) is 0 Å². The maximum absolute atomic E-state index is 8.67. The fourth-order valence-electron chi connectivity index (χ4n) is 1.22. The van der Waals surface area contributed by atoms with Gasteiger partial charge in [-0.05, 0) is 30.3 Å². The lowest BCUT2D eigenvalue weighted by molar-refractivity contribution is 0.318. The monoisotopic (exact) mass is 266 g/mol. The molecule has 0 unspecified atom stereocenters. The second kappa shape index (κ2) is 5.02. The van der Waals surface area contributed by atoms with Crippen LogP contribution in [0.2, 0.25) is 18.1 Å². The molecule has 0 aromatic heterocycles. The number of oxime groups is 1. The van der Waals surface area contributed by atoms with Crippen molar-refractivity contribution >= 4 is 14.2 Å². The molecule has 0 heterocycles. The molecular weight excluding hydrogens is 244 g/mol. The highest BCUT2D eigenvalue weighted by molar-refractivity contribution is 6.74. The van der Waals surface area contributed by atoms with Crippen molar-refractivity contribution in [3.8, 4) is 5.75 Å². The summed E-state index contributed by atoms with van der Waals surface area (Å²) in [6.45, 7) is 10.9. The number of rotatable bonds is 3. The summed E-state index contributed by atoms with van der Waals surface area (Å²) in [4.78, 5) is 0. The predicted molar refractivity (Wildman–Crippen MR) is 76.8 cm³/mol. The lowest BCUT2D eigenvalue weighted by Crippen LogP contribution is -2.43. The second-order valence-electron chi connectivity index (χ2n) is 5.88. The first-order valence-corrected chi connectivity index (χ1v) is 8.85. The van der Waals surface area contributed by atoms with E-state index in [0.717, 1.165) is 5.75 Å². The third-order valence-corrected chi connectivity index (χ3v) is 7.78. The minimum Gasteiger partial charge on any atom is -0.543 e. The summed E-state index contributed by atoms with van der Waals surface area (Å²) in [6, 6.07) is 7.33. The minimum absolute atomic E-state index is 0.0932. The van der Waals surface area contributed by atoms with E-state index >= 15 is 0 Å². The maximum Gasteiger partial charge on any atom is 0.250 e. The zero-order valence-electron chi connectivity index (χ0n) is 11.7. The van der Waals surface area contributed by atoms with Crippen LogP contribution < -0.4 is 10.2 Å². The number of nitrogens with zero attached hydrogens (tertiary/aromatic N) is 1. The van der Waals surface area contributed by atoms with Gasteiger partial charge in [0, 0.05) is 5.56 Å². The number of amidine groups is 1. The van der Waals surface area contributed by atoms with E-state index in [2.05, 4.69) is 39.0 Å². The molecule has 5 heteroatoms. The van der Waals surface area contributed by atoms with Gasteiger partial charge in [-0.1, -0.05) is 38.1 Å². The fraction of sp³-hybridized carbons (Fsp3) is 0.462. The average molecular weight is 266 g/mol. The normalized spacial score (nSPS) is 13.5. The van der Waals surface area contributed by atoms with Crippen LogP contribution in [0.5, 0.6) is 5.75 Å². The molecule has 0 aliphatic heterocycles. The quantitative estimate of drug-likeness (QED) is 0.290. The summed E-state index contributed by atoms with van der Waals surface area (Å²) in [5, 5.41) is 11.8. The first-order chi connectivity index (χ1) is 8.17. The molecule has 0 bridgehead atoms. The molecule has 1 rings (SSSR count). The predicted octanol–water partition coefficient (Wildman–Crippen LogP) is 3.17. The molecular formula is C13H22N2O2Si. The van der Waals surface area contributed by atoms with Gasteiger partial charge in [0.2, 0.25) is 8.32 Å². The standard InChI is InChI=1S/C13H22N2O2Si/c1-13(2,3)18(4,5)17-11-8-6-7-10(9-11)12(14)15-16/h6-9,16H,1-5H3,(H2,14,15). The van der Waals surface area contributed by atoms with Gasteiger partial charge in [0.05, 0.1) is 0 Å².